The van der Waals surface area contributed by atoms with Gasteiger partial charge in [0.2, 0.25) is 0 Å². The fourth-order valence-electron chi connectivity index (χ4n) is 2.27. The Kier molecular flexibility index (Phi) is 2.95. The standard InChI is InChI=1S/C11H12FNO2S2/c1-17(14,15)10-8(9(10)11(13)16)6-3-2-4-7(12)5-6/h2-5,8-10H,1H3,(H2,13,16)/t8-,9-,10-/m0/s1. The van der Waals surface area contributed by atoms with Gasteiger partial charge < -0.3 is 5.73 Å². The first-order valence-corrected chi connectivity index (χ1v) is 7.42. The summed E-state index contributed by atoms with van der Waals surface area (Å²) in [5, 5.41) is -0.609. The van der Waals surface area contributed by atoms with Crippen LogP contribution in [0.4, 0.5) is 4.39 Å². The van der Waals surface area contributed by atoms with E-state index in [4.69, 9.17) is 18.0 Å². The first-order chi connectivity index (χ1) is 7.82. The van der Waals surface area contributed by atoms with Gasteiger partial charge in [-0.3, -0.25) is 0 Å². The molecular formula is C11H12FNO2S2. The smallest absolute Gasteiger partial charge is 0.151 e. The van der Waals surface area contributed by atoms with E-state index in [1.54, 1.807) is 12.1 Å². The van der Waals surface area contributed by atoms with Crippen LogP contribution in [0.5, 0.6) is 0 Å². The van der Waals surface area contributed by atoms with Crippen molar-refractivity contribution in [2.24, 2.45) is 11.7 Å². The Morgan fingerprint density at radius 3 is 2.53 bits per heavy atom. The van der Waals surface area contributed by atoms with E-state index in [1.165, 1.54) is 12.1 Å². The summed E-state index contributed by atoms with van der Waals surface area (Å²) in [5.41, 5.74) is 6.16. The molecule has 0 heterocycles. The molecule has 0 spiro atoms. The summed E-state index contributed by atoms with van der Waals surface area (Å²) < 4.78 is 36.2. The van der Waals surface area contributed by atoms with Gasteiger partial charge in [0.25, 0.3) is 0 Å². The average molecular weight is 273 g/mol. The van der Waals surface area contributed by atoms with Crippen LogP contribution in [0.15, 0.2) is 24.3 Å². The van der Waals surface area contributed by atoms with Crippen LogP contribution in [-0.2, 0) is 9.84 Å². The summed E-state index contributed by atoms with van der Waals surface area (Å²) in [6.45, 7) is 0. The Balaban J connectivity index is 2.37. The van der Waals surface area contributed by atoms with Crippen LogP contribution < -0.4 is 5.73 Å². The van der Waals surface area contributed by atoms with Gasteiger partial charge in [-0.1, -0.05) is 24.4 Å². The molecule has 3 nitrogen and oxygen atoms in total. The molecule has 2 N–H and O–H groups in total. The zero-order chi connectivity index (χ0) is 12.8. The number of halogens is 1. The molecule has 0 unspecified atom stereocenters. The van der Waals surface area contributed by atoms with Crippen molar-refractivity contribution < 1.29 is 12.8 Å². The normalized spacial score (nSPS) is 27.8. The number of sulfone groups is 1. The highest BCUT2D eigenvalue weighted by Gasteiger charge is 2.58. The number of benzene rings is 1. The maximum Gasteiger partial charge on any atom is 0.151 e. The second kappa shape index (κ2) is 4.03. The van der Waals surface area contributed by atoms with Crippen LogP contribution in [0.3, 0.4) is 0 Å². The molecule has 1 aromatic carbocycles. The van der Waals surface area contributed by atoms with Crippen LogP contribution in [0.25, 0.3) is 0 Å². The van der Waals surface area contributed by atoms with E-state index in [1.807, 2.05) is 0 Å². The van der Waals surface area contributed by atoms with E-state index < -0.39 is 15.1 Å². The summed E-state index contributed by atoms with van der Waals surface area (Å²) in [6, 6.07) is 5.90. The van der Waals surface area contributed by atoms with E-state index in [2.05, 4.69) is 0 Å². The third-order valence-electron chi connectivity index (χ3n) is 3.01. The van der Waals surface area contributed by atoms with Crippen LogP contribution in [-0.4, -0.2) is 24.9 Å². The molecule has 1 aliphatic rings. The predicted molar refractivity (Wildman–Crippen MR) is 68.0 cm³/mol. The summed E-state index contributed by atoms with van der Waals surface area (Å²) >= 11 is 4.86. The van der Waals surface area contributed by atoms with Gasteiger partial charge in [-0.2, -0.15) is 0 Å². The minimum absolute atomic E-state index is 0.176. The monoisotopic (exact) mass is 273 g/mol. The lowest BCUT2D eigenvalue weighted by Gasteiger charge is -1.99. The zero-order valence-corrected chi connectivity index (χ0v) is 10.8. The van der Waals surface area contributed by atoms with Crippen LogP contribution in [0, 0.1) is 11.7 Å². The lowest BCUT2D eigenvalue weighted by atomic mass is 10.1. The minimum Gasteiger partial charge on any atom is -0.393 e. The largest absolute Gasteiger partial charge is 0.393 e. The fourth-order valence-corrected chi connectivity index (χ4v) is 4.26. The summed E-state index contributed by atoms with van der Waals surface area (Å²) in [6.07, 6.45) is 1.15. The summed E-state index contributed by atoms with van der Waals surface area (Å²) in [4.78, 5) is 0.176. The topological polar surface area (TPSA) is 60.2 Å². The van der Waals surface area contributed by atoms with Crippen molar-refractivity contribution in [3.05, 3.63) is 35.6 Å². The zero-order valence-electron chi connectivity index (χ0n) is 9.13. The van der Waals surface area contributed by atoms with Gasteiger partial charge in [0, 0.05) is 18.1 Å². The molecule has 0 bridgehead atoms. The van der Waals surface area contributed by atoms with Crippen molar-refractivity contribution >= 4 is 27.0 Å². The van der Waals surface area contributed by atoms with Gasteiger partial charge in [-0.15, -0.1) is 0 Å². The first-order valence-electron chi connectivity index (χ1n) is 5.06. The molecule has 1 saturated carbocycles. The van der Waals surface area contributed by atoms with Gasteiger partial charge in [-0.25, -0.2) is 12.8 Å². The number of thiocarbonyl (C=S) groups is 1. The van der Waals surface area contributed by atoms with Gasteiger partial charge >= 0.3 is 0 Å². The van der Waals surface area contributed by atoms with Crippen molar-refractivity contribution in [1.82, 2.24) is 0 Å². The highest BCUT2D eigenvalue weighted by atomic mass is 32.2. The number of hydrogen-bond acceptors (Lipinski definition) is 3. The van der Waals surface area contributed by atoms with Crippen molar-refractivity contribution in [1.29, 1.82) is 0 Å². The number of nitrogens with two attached hydrogens (primary N) is 1. The van der Waals surface area contributed by atoms with Crippen LogP contribution in [0.2, 0.25) is 0 Å². The molecule has 3 atom stereocenters. The molecule has 6 heteroatoms. The van der Waals surface area contributed by atoms with Gasteiger partial charge in [-0.05, 0) is 17.7 Å². The Hall–Kier alpha value is -1.01. The van der Waals surface area contributed by atoms with Crippen molar-refractivity contribution in [2.45, 2.75) is 11.2 Å². The minimum atomic E-state index is -3.22. The van der Waals surface area contributed by atoms with Gasteiger partial charge in [0.05, 0.1) is 10.2 Å². The molecule has 0 amide bonds. The molecule has 0 aromatic heterocycles. The van der Waals surface area contributed by atoms with Crippen LogP contribution >= 0.6 is 12.2 Å². The maximum atomic E-state index is 13.1. The summed E-state index contributed by atoms with van der Waals surface area (Å²) in [7, 11) is -3.22. The molecule has 1 aromatic rings. The number of hydrogen-bond donors (Lipinski definition) is 1. The molecule has 0 saturated heterocycles. The lowest BCUT2D eigenvalue weighted by molar-refractivity contribution is 0.599. The van der Waals surface area contributed by atoms with Gasteiger partial charge in [0.1, 0.15) is 5.82 Å². The molecule has 1 aliphatic carbocycles. The predicted octanol–water partition coefficient (Wildman–Crippen LogP) is 1.24. The second-order valence-electron chi connectivity index (χ2n) is 4.30. The molecule has 0 aliphatic heterocycles. The Morgan fingerprint density at radius 1 is 1.47 bits per heavy atom. The second-order valence-corrected chi connectivity index (χ2v) is 6.98. The highest BCUT2D eigenvalue weighted by molar-refractivity contribution is 7.91. The highest BCUT2D eigenvalue weighted by Crippen LogP contribution is 2.52. The maximum absolute atomic E-state index is 13.1. The molecule has 92 valence electrons. The van der Waals surface area contributed by atoms with Crippen molar-refractivity contribution in [2.75, 3.05) is 6.26 Å². The van der Waals surface area contributed by atoms with E-state index >= 15 is 0 Å². The first kappa shape index (κ1) is 12.4. The van der Waals surface area contributed by atoms with Crippen LogP contribution in [0.1, 0.15) is 11.5 Å². The third kappa shape index (κ3) is 2.32. The average Bonchev–Trinajstić information content (AvgIpc) is 2.91. The molecule has 2 rings (SSSR count). The Labute approximate surface area is 105 Å². The SMILES string of the molecule is CS(=O)(=O)[C@@H]1[C@@H](C(N)=S)[C@@H]1c1cccc(F)c1. The van der Waals surface area contributed by atoms with Gasteiger partial charge in [0.15, 0.2) is 9.84 Å². The van der Waals surface area contributed by atoms with Crippen molar-refractivity contribution in [3.8, 4) is 0 Å². The lowest BCUT2D eigenvalue weighted by Crippen LogP contribution is -2.16. The summed E-state index contributed by atoms with van der Waals surface area (Å²) in [5.74, 6) is -1.07. The fraction of sp³-hybridized carbons (Fsp3) is 0.364. The molecule has 0 radical (unpaired) electrons. The van der Waals surface area contributed by atoms with Crippen molar-refractivity contribution in [3.63, 3.8) is 0 Å². The third-order valence-corrected chi connectivity index (χ3v) is 4.86. The molecule has 1 fully saturated rings. The number of rotatable bonds is 3. The quantitative estimate of drug-likeness (QED) is 0.842. The Bertz CT molecular complexity index is 571. The molecule has 17 heavy (non-hydrogen) atoms. The van der Waals surface area contributed by atoms with E-state index in [9.17, 15) is 12.8 Å². The van der Waals surface area contributed by atoms with E-state index in [0.717, 1.165) is 6.26 Å². The molecular weight excluding hydrogens is 261 g/mol. The van der Waals surface area contributed by atoms with E-state index in [0.29, 0.717) is 5.56 Å². The van der Waals surface area contributed by atoms with E-state index in [-0.39, 0.29) is 22.6 Å². The Morgan fingerprint density at radius 2 is 2.12 bits per heavy atom.